The van der Waals surface area contributed by atoms with E-state index in [2.05, 4.69) is 19.9 Å². The van der Waals surface area contributed by atoms with Gasteiger partial charge in [-0.1, -0.05) is 32.0 Å². The molecule has 1 heterocycles. The van der Waals surface area contributed by atoms with Crippen LogP contribution < -0.4 is 10.5 Å². The first-order valence-corrected chi connectivity index (χ1v) is 6.61. The van der Waals surface area contributed by atoms with Gasteiger partial charge in [0.1, 0.15) is 23.9 Å². The van der Waals surface area contributed by atoms with Gasteiger partial charge < -0.3 is 14.9 Å². The zero-order chi connectivity index (χ0) is 13.8. The van der Waals surface area contributed by atoms with Gasteiger partial charge in [-0.3, -0.25) is 0 Å². The summed E-state index contributed by atoms with van der Waals surface area (Å²) in [7, 11) is 0. The molecule has 0 spiro atoms. The Bertz CT molecular complexity index is 531. The second-order valence-electron chi connectivity index (χ2n) is 5.06. The van der Waals surface area contributed by atoms with E-state index in [9.17, 15) is 0 Å². The van der Waals surface area contributed by atoms with Crippen molar-refractivity contribution in [3.63, 3.8) is 0 Å². The summed E-state index contributed by atoms with van der Waals surface area (Å²) in [6, 6.07) is 11.6. The summed E-state index contributed by atoms with van der Waals surface area (Å²) in [5.41, 5.74) is 7.26. The smallest absolute Gasteiger partial charge is 0.124 e. The zero-order valence-electron chi connectivity index (χ0n) is 11.7. The van der Waals surface area contributed by atoms with Crippen molar-refractivity contribution >= 4 is 0 Å². The predicted octanol–water partition coefficient (Wildman–Crippen LogP) is 3.79. The van der Waals surface area contributed by atoms with Crippen molar-refractivity contribution in [2.24, 2.45) is 5.73 Å². The maximum Gasteiger partial charge on any atom is 0.124 e. The van der Waals surface area contributed by atoms with Crippen molar-refractivity contribution in [2.75, 3.05) is 6.61 Å². The number of ether oxygens (including phenoxy) is 1. The lowest BCUT2D eigenvalue weighted by molar-refractivity contribution is 0.268. The van der Waals surface area contributed by atoms with Crippen LogP contribution in [0.5, 0.6) is 5.75 Å². The minimum atomic E-state index is -0.242. The van der Waals surface area contributed by atoms with Gasteiger partial charge in [-0.2, -0.15) is 0 Å². The topological polar surface area (TPSA) is 48.4 Å². The van der Waals surface area contributed by atoms with Crippen LogP contribution in [0.2, 0.25) is 0 Å². The quantitative estimate of drug-likeness (QED) is 0.888. The van der Waals surface area contributed by atoms with Crippen LogP contribution in [-0.2, 0) is 0 Å². The third kappa shape index (κ3) is 3.38. The maximum absolute atomic E-state index is 6.06. The molecular formula is C16H21NO2. The van der Waals surface area contributed by atoms with E-state index >= 15 is 0 Å². The summed E-state index contributed by atoms with van der Waals surface area (Å²) in [5.74, 6) is 2.96. The molecule has 0 aliphatic rings. The van der Waals surface area contributed by atoms with Crippen LogP contribution in [0, 0.1) is 6.92 Å². The van der Waals surface area contributed by atoms with Crippen molar-refractivity contribution in [1.82, 2.24) is 0 Å². The van der Waals surface area contributed by atoms with Crippen LogP contribution in [0.15, 0.2) is 40.8 Å². The van der Waals surface area contributed by atoms with Crippen LogP contribution in [0.25, 0.3) is 0 Å². The van der Waals surface area contributed by atoms with Gasteiger partial charge >= 0.3 is 0 Å². The van der Waals surface area contributed by atoms with E-state index in [0.29, 0.717) is 12.5 Å². The molecule has 0 aliphatic carbocycles. The molecule has 1 unspecified atom stereocenters. The Hall–Kier alpha value is -1.74. The van der Waals surface area contributed by atoms with E-state index in [1.807, 2.05) is 37.3 Å². The lowest BCUT2D eigenvalue weighted by Gasteiger charge is -2.16. The van der Waals surface area contributed by atoms with Crippen molar-refractivity contribution in [2.45, 2.75) is 32.7 Å². The van der Waals surface area contributed by atoms with Gasteiger partial charge in [0.2, 0.25) is 0 Å². The summed E-state index contributed by atoms with van der Waals surface area (Å²) >= 11 is 0. The fourth-order valence-electron chi connectivity index (χ4n) is 2.00. The van der Waals surface area contributed by atoms with Crippen LogP contribution in [0.1, 0.15) is 42.9 Å². The molecule has 19 heavy (non-hydrogen) atoms. The predicted molar refractivity (Wildman–Crippen MR) is 76.4 cm³/mol. The Labute approximate surface area is 114 Å². The summed E-state index contributed by atoms with van der Waals surface area (Å²) in [6.45, 7) is 6.62. The number of furan rings is 1. The first kappa shape index (κ1) is 13.7. The molecule has 0 amide bonds. The highest BCUT2D eigenvalue weighted by Crippen LogP contribution is 2.26. The Morgan fingerprint density at radius 3 is 2.53 bits per heavy atom. The average Bonchev–Trinajstić information content (AvgIpc) is 2.83. The molecule has 0 bridgehead atoms. The van der Waals surface area contributed by atoms with E-state index in [0.717, 1.165) is 17.3 Å². The van der Waals surface area contributed by atoms with Crippen LogP contribution in [-0.4, -0.2) is 6.61 Å². The van der Waals surface area contributed by atoms with Crippen LogP contribution >= 0.6 is 0 Å². The number of hydrogen-bond donors (Lipinski definition) is 1. The number of para-hydroxylation sites is 1. The lowest BCUT2D eigenvalue weighted by Crippen LogP contribution is -2.18. The molecule has 1 atom stereocenters. The SMILES string of the molecule is Cc1ccc(C(N)COc2ccccc2C(C)C)o1. The molecule has 2 rings (SSSR count). The Morgan fingerprint density at radius 1 is 1.16 bits per heavy atom. The molecule has 2 N–H and O–H groups in total. The molecule has 1 aromatic heterocycles. The number of hydrogen-bond acceptors (Lipinski definition) is 3. The van der Waals surface area contributed by atoms with E-state index < -0.39 is 0 Å². The molecule has 3 heteroatoms. The highest BCUT2D eigenvalue weighted by Gasteiger charge is 2.13. The highest BCUT2D eigenvalue weighted by atomic mass is 16.5. The fraction of sp³-hybridized carbons (Fsp3) is 0.375. The zero-order valence-corrected chi connectivity index (χ0v) is 11.7. The second kappa shape index (κ2) is 5.93. The lowest BCUT2D eigenvalue weighted by atomic mass is 10.0. The first-order valence-electron chi connectivity index (χ1n) is 6.61. The van der Waals surface area contributed by atoms with E-state index in [1.165, 1.54) is 5.56 Å². The number of benzene rings is 1. The highest BCUT2D eigenvalue weighted by molar-refractivity contribution is 5.35. The van der Waals surface area contributed by atoms with E-state index in [1.54, 1.807) is 0 Å². The maximum atomic E-state index is 6.06. The number of nitrogens with two attached hydrogens (primary N) is 1. The standard InChI is InChI=1S/C16H21NO2/c1-11(2)13-6-4-5-7-15(13)18-10-14(17)16-9-8-12(3)19-16/h4-9,11,14H,10,17H2,1-3H3. The molecule has 0 fully saturated rings. The van der Waals surface area contributed by atoms with E-state index in [4.69, 9.17) is 14.9 Å². The molecule has 0 saturated carbocycles. The Balaban J connectivity index is 2.03. The molecule has 3 nitrogen and oxygen atoms in total. The minimum Gasteiger partial charge on any atom is -0.491 e. The van der Waals surface area contributed by atoms with Gasteiger partial charge in [0.15, 0.2) is 0 Å². The van der Waals surface area contributed by atoms with Crippen molar-refractivity contribution in [3.05, 3.63) is 53.5 Å². The first-order chi connectivity index (χ1) is 9.08. The molecule has 1 aromatic carbocycles. The van der Waals surface area contributed by atoms with Gasteiger partial charge in [0.25, 0.3) is 0 Å². The third-order valence-electron chi connectivity index (χ3n) is 3.09. The summed E-state index contributed by atoms with van der Waals surface area (Å²) in [4.78, 5) is 0. The third-order valence-corrected chi connectivity index (χ3v) is 3.09. The molecular weight excluding hydrogens is 238 g/mol. The van der Waals surface area contributed by atoms with Gasteiger partial charge in [0.05, 0.1) is 6.04 Å². The Kier molecular flexibility index (Phi) is 4.27. The van der Waals surface area contributed by atoms with Gasteiger partial charge in [-0.05, 0) is 36.6 Å². The molecule has 0 aliphatic heterocycles. The average molecular weight is 259 g/mol. The minimum absolute atomic E-state index is 0.242. The summed E-state index contributed by atoms with van der Waals surface area (Å²) < 4.78 is 11.3. The number of aryl methyl sites for hydroxylation is 1. The van der Waals surface area contributed by atoms with Crippen molar-refractivity contribution in [1.29, 1.82) is 0 Å². The van der Waals surface area contributed by atoms with Gasteiger partial charge in [0, 0.05) is 0 Å². The largest absolute Gasteiger partial charge is 0.491 e. The van der Waals surface area contributed by atoms with Crippen LogP contribution in [0.3, 0.4) is 0 Å². The van der Waals surface area contributed by atoms with E-state index in [-0.39, 0.29) is 6.04 Å². The summed E-state index contributed by atoms with van der Waals surface area (Å²) in [6.07, 6.45) is 0. The molecule has 0 saturated heterocycles. The molecule has 0 radical (unpaired) electrons. The van der Waals surface area contributed by atoms with Gasteiger partial charge in [-0.15, -0.1) is 0 Å². The molecule has 102 valence electrons. The summed E-state index contributed by atoms with van der Waals surface area (Å²) in [5, 5.41) is 0. The molecule has 2 aromatic rings. The van der Waals surface area contributed by atoms with Gasteiger partial charge in [-0.25, -0.2) is 0 Å². The van der Waals surface area contributed by atoms with Crippen molar-refractivity contribution < 1.29 is 9.15 Å². The fourth-order valence-corrected chi connectivity index (χ4v) is 2.00. The van der Waals surface area contributed by atoms with Crippen molar-refractivity contribution in [3.8, 4) is 5.75 Å². The monoisotopic (exact) mass is 259 g/mol. The second-order valence-corrected chi connectivity index (χ2v) is 5.06. The number of rotatable bonds is 5. The normalized spacial score (nSPS) is 12.7. The Morgan fingerprint density at radius 2 is 1.89 bits per heavy atom. The van der Waals surface area contributed by atoms with Crippen LogP contribution in [0.4, 0.5) is 0 Å².